The number of hydrogen-bond acceptors (Lipinski definition) is 4. The van der Waals surface area contributed by atoms with E-state index < -0.39 is 28.6 Å². The summed E-state index contributed by atoms with van der Waals surface area (Å²) in [5.41, 5.74) is 2.51. The van der Waals surface area contributed by atoms with Gasteiger partial charge < -0.3 is 5.32 Å². The second-order valence-corrected chi connectivity index (χ2v) is 6.61. The van der Waals surface area contributed by atoms with E-state index in [9.17, 15) is 22.8 Å². The number of anilines is 1. The number of nitrogens with zero attached hydrogens (tertiary/aromatic N) is 2. The molecule has 0 unspecified atom stereocenters. The Morgan fingerprint density at radius 3 is 2.23 bits per heavy atom. The zero-order valence-electron chi connectivity index (χ0n) is 15.7. The van der Waals surface area contributed by atoms with Gasteiger partial charge in [-0.2, -0.15) is 18.3 Å². The van der Waals surface area contributed by atoms with Crippen LogP contribution in [0.25, 0.3) is 0 Å². The van der Waals surface area contributed by atoms with Crippen molar-refractivity contribution in [1.29, 1.82) is 0 Å². The van der Waals surface area contributed by atoms with E-state index in [4.69, 9.17) is 11.6 Å². The first-order chi connectivity index (χ1) is 14.7. The summed E-state index contributed by atoms with van der Waals surface area (Å²) in [4.78, 5) is 28.0. The van der Waals surface area contributed by atoms with Gasteiger partial charge in [0.2, 0.25) is 0 Å². The number of halogens is 4. The summed E-state index contributed by atoms with van der Waals surface area (Å²) in [6.45, 7) is 0. The number of pyridine rings is 1. The number of nitrogens with one attached hydrogen (secondary N) is 2. The van der Waals surface area contributed by atoms with Crippen LogP contribution in [-0.2, 0) is 6.18 Å². The molecule has 3 rings (SSSR count). The number of rotatable bonds is 5. The Labute approximate surface area is 179 Å². The molecule has 0 saturated carbocycles. The van der Waals surface area contributed by atoms with Crippen molar-refractivity contribution < 1.29 is 22.8 Å². The molecule has 6 nitrogen and oxygen atoms in total. The van der Waals surface area contributed by atoms with E-state index in [2.05, 4.69) is 20.8 Å². The summed E-state index contributed by atoms with van der Waals surface area (Å²) in [5.74, 6) is -0.999. The molecule has 10 heteroatoms. The average molecular weight is 447 g/mol. The minimum absolute atomic E-state index is 0.0359. The van der Waals surface area contributed by atoms with Crippen LogP contribution in [-0.4, -0.2) is 23.0 Å². The van der Waals surface area contributed by atoms with Gasteiger partial charge in [0.25, 0.3) is 11.8 Å². The summed E-state index contributed by atoms with van der Waals surface area (Å²) < 4.78 is 38.8. The van der Waals surface area contributed by atoms with Crippen LogP contribution in [0.5, 0.6) is 0 Å². The van der Waals surface area contributed by atoms with Gasteiger partial charge in [-0.05, 0) is 48.0 Å². The number of alkyl halides is 3. The minimum Gasteiger partial charge on any atom is -0.322 e. The van der Waals surface area contributed by atoms with Crippen LogP contribution in [0.3, 0.4) is 0 Å². The third-order valence-electron chi connectivity index (χ3n) is 4.02. The molecule has 0 spiro atoms. The van der Waals surface area contributed by atoms with E-state index in [-0.39, 0.29) is 11.3 Å². The lowest BCUT2D eigenvalue weighted by Gasteiger charge is -2.12. The Morgan fingerprint density at radius 2 is 1.58 bits per heavy atom. The standard InChI is InChI=1S/C21H14ClF3N4O2/c22-18-6-5-16(11-17(18)21(23,24)25)28-19(30)14-3-1-13(2-4-14)12-27-29-20(31)15-7-9-26-10-8-15/h1-12H,(H,28,30)(H,29,31). The van der Waals surface area contributed by atoms with E-state index in [1.165, 1.54) is 48.9 Å². The molecule has 2 N–H and O–H groups in total. The maximum Gasteiger partial charge on any atom is 0.417 e. The van der Waals surface area contributed by atoms with Gasteiger partial charge >= 0.3 is 6.18 Å². The first-order valence-electron chi connectivity index (χ1n) is 8.75. The van der Waals surface area contributed by atoms with Crippen molar-refractivity contribution in [3.63, 3.8) is 0 Å². The molecule has 2 aromatic carbocycles. The number of aromatic nitrogens is 1. The number of benzene rings is 2. The molecule has 31 heavy (non-hydrogen) atoms. The highest BCUT2D eigenvalue weighted by molar-refractivity contribution is 6.31. The van der Waals surface area contributed by atoms with E-state index >= 15 is 0 Å². The topological polar surface area (TPSA) is 83.5 Å². The summed E-state index contributed by atoms with van der Waals surface area (Å²) in [6.07, 6.45) is -0.284. The molecule has 0 saturated heterocycles. The molecule has 3 aromatic rings. The maximum atomic E-state index is 12.9. The normalized spacial score (nSPS) is 11.4. The highest BCUT2D eigenvalue weighted by atomic mass is 35.5. The highest BCUT2D eigenvalue weighted by Gasteiger charge is 2.33. The van der Waals surface area contributed by atoms with E-state index in [1.54, 1.807) is 12.1 Å². The molecule has 2 amide bonds. The van der Waals surface area contributed by atoms with Gasteiger partial charge in [-0.15, -0.1) is 0 Å². The maximum absolute atomic E-state index is 12.9. The lowest BCUT2D eigenvalue weighted by Crippen LogP contribution is -2.17. The van der Waals surface area contributed by atoms with Crippen LogP contribution < -0.4 is 10.7 Å². The van der Waals surface area contributed by atoms with Crippen molar-refractivity contribution in [2.75, 3.05) is 5.32 Å². The van der Waals surface area contributed by atoms with Gasteiger partial charge in [0.15, 0.2) is 0 Å². The van der Waals surface area contributed by atoms with Gasteiger partial charge in [-0.3, -0.25) is 14.6 Å². The Hall–Kier alpha value is -3.72. The zero-order valence-corrected chi connectivity index (χ0v) is 16.4. The van der Waals surface area contributed by atoms with Gasteiger partial charge in [0.1, 0.15) is 0 Å². The van der Waals surface area contributed by atoms with Gasteiger partial charge in [0.05, 0.1) is 16.8 Å². The Morgan fingerprint density at radius 1 is 0.935 bits per heavy atom. The molecule has 0 radical (unpaired) electrons. The SMILES string of the molecule is O=C(NN=Cc1ccc(C(=O)Nc2ccc(Cl)c(C(F)(F)F)c2)cc1)c1ccncc1. The van der Waals surface area contributed by atoms with Crippen LogP contribution in [0.2, 0.25) is 5.02 Å². The quantitative estimate of drug-likeness (QED) is 0.437. The summed E-state index contributed by atoms with van der Waals surface area (Å²) in [5, 5.41) is 5.78. The predicted molar refractivity (Wildman–Crippen MR) is 110 cm³/mol. The van der Waals surface area contributed by atoms with E-state index in [1.807, 2.05) is 0 Å². The lowest BCUT2D eigenvalue weighted by atomic mass is 10.1. The molecule has 0 aliphatic rings. The van der Waals surface area contributed by atoms with Crippen molar-refractivity contribution in [3.05, 3.63) is 94.3 Å². The third-order valence-corrected chi connectivity index (χ3v) is 4.35. The Kier molecular flexibility index (Phi) is 6.66. The first kappa shape index (κ1) is 22.0. The number of carbonyl (C=O) groups is 2. The Bertz CT molecular complexity index is 1120. The molecule has 0 fully saturated rings. The average Bonchev–Trinajstić information content (AvgIpc) is 2.75. The fourth-order valence-electron chi connectivity index (χ4n) is 2.48. The largest absolute Gasteiger partial charge is 0.417 e. The monoisotopic (exact) mass is 446 g/mol. The van der Waals surface area contributed by atoms with Gasteiger partial charge in [-0.25, -0.2) is 5.43 Å². The summed E-state index contributed by atoms with van der Waals surface area (Å²) >= 11 is 5.57. The van der Waals surface area contributed by atoms with Crippen molar-refractivity contribution in [3.8, 4) is 0 Å². The summed E-state index contributed by atoms with van der Waals surface area (Å²) in [7, 11) is 0. The molecule has 158 valence electrons. The van der Waals surface area contributed by atoms with E-state index in [0.717, 1.165) is 12.1 Å². The minimum atomic E-state index is -4.63. The second-order valence-electron chi connectivity index (χ2n) is 6.20. The van der Waals surface area contributed by atoms with Crippen molar-refractivity contribution >= 4 is 35.3 Å². The van der Waals surface area contributed by atoms with Gasteiger partial charge in [-0.1, -0.05) is 23.7 Å². The number of hydrazone groups is 1. The predicted octanol–water partition coefficient (Wildman–Crippen LogP) is 4.77. The van der Waals surface area contributed by atoms with Crippen molar-refractivity contribution in [2.24, 2.45) is 5.10 Å². The fraction of sp³-hybridized carbons (Fsp3) is 0.0476. The summed E-state index contributed by atoms with van der Waals surface area (Å²) in [6, 6.07) is 12.3. The molecule has 0 aliphatic carbocycles. The lowest BCUT2D eigenvalue weighted by molar-refractivity contribution is -0.137. The molecule has 0 bridgehead atoms. The number of amides is 2. The van der Waals surface area contributed by atoms with E-state index in [0.29, 0.717) is 11.1 Å². The molecule has 1 aromatic heterocycles. The molecule has 1 heterocycles. The molecular formula is C21H14ClF3N4O2. The van der Waals surface area contributed by atoms with Gasteiger partial charge in [0, 0.05) is 29.2 Å². The smallest absolute Gasteiger partial charge is 0.322 e. The van der Waals surface area contributed by atoms with Crippen LogP contribution in [0.4, 0.5) is 18.9 Å². The highest BCUT2D eigenvalue weighted by Crippen LogP contribution is 2.36. The molecule has 0 atom stereocenters. The third kappa shape index (κ3) is 5.89. The second kappa shape index (κ2) is 9.40. The van der Waals surface area contributed by atoms with Crippen molar-refractivity contribution in [1.82, 2.24) is 10.4 Å². The van der Waals surface area contributed by atoms with Crippen molar-refractivity contribution in [2.45, 2.75) is 6.18 Å². The van der Waals surface area contributed by atoms with Crippen LogP contribution in [0.15, 0.2) is 72.1 Å². The number of carbonyl (C=O) groups excluding carboxylic acids is 2. The zero-order chi connectivity index (χ0) is 22.4. The molecular weight excluding hydrogens is 433 g/mol. The molecule has 0 aliphatic heterocycles. The first-order valence-corrected chi connectivity index (χ1v) is 9.13. The fourth-order valence-corrected chi connectivity index (χ4v) is 2.70. The Balaban J connectivity index is 1.62. The van der Waals surface area contributed by atoms with Crippen LogP contribution in [0, 0.1) is 0 Å². The number of hydrogen-bond donors (Lipinski definition) is 2. The van der Waals surface area contributed by atoms with Crippen LogP contribution in [0.1, 0.15) is 31.8 Å². The van der Waals surface area contributed by atoms with Crippen LogP contribution >= 0.6 is 11.6 Å².